The molecule has 0 unspecified atom stereocenters. The Hall–Kier alpha value is -2.26. The Labute approximate surface area is 119 Å². The number of carbonyl (C=O) groups is 1. The summed E-state index contributed by atoms with van der Waals surface area (Å²) in [5.41, 5.74) is -0.118. The summed E-state index contributed by atoms with van der Waals surface area (Å²) in [6, 6.07) is 4.08. The predicted molar refractivity (Wildman–Crippen MR) is 68.6 cm³/mol. The van der Waals surface area contributed by atoms with Crippen LogP contribution in [-0.2, 0) is 16.6 Å². The van der Waals surface area contributed by atoms with E-state index >= 15 is 0 Å². The average molecular weight is 314 g/mol. The molecular weight excluding hydrogens is 303 g/mol. The number of halogens is 1. The summed E-state index contributed by atoms with van der Waals surface area (Å²) in [6.07, 6.45) is 0. The fourth-order valence-electron chi connectivity index (χ4n) is 1.58. The zero-order valence-electron chi connectivity index (χ0n) is 10.8. The first-order valence-electron chi connectivity index (χ1n) is 5.74. The lowest BCUT2D eigenvalue weighted by Gasteiger charge is -2.06. The minimum Gasteiger partial charge on any atom is -0.478 e. The number of hydrogen-bond acceptors (Lipinski definition) is 5. The molecule has 0 spiro atoms. The Balaban J connectivity index is 2.23. The van der Waals surface area contributed by atoms with Gasteiger partial charge in [-0.2, -0.15) is 0 Å². The number of nitrogens with zero attached hydrogens (tertiary/aromatic N) is 1. The zero-order chi connectivity index (χ0) is 15.6. The number of benzene rings is 1. The number of sulfonamides is 1. The van der Waals surface area contributed by atoms with Crippen molar-refractivity contribution in [2.45, 2.75) is 18.4 Å². The molecule has 7 nitrogen and oxygen atoms in total. The van der Waals surface area contributed by atoms with E-state index < -0.39 is 27.4 Å². The van der Waals surface area contributed by atoms with Crippen molar-refractivity contribution in [3.63, 3.8) is 0 Å². The van der Waals surface area contributed by atoms with Crippen LogP contribution in [0, 0.1) is 12.7 Å². The molecule has 0 saturated carbocycles. The summed E-state index contributed by atoms with van der Waals surface area (Å²) in [5.74, 6) is -2.25. The Morgan fingerprint density at radius 1 is 1.43 bits per heavy atom. The number of nitrogens with one attached hydrogen (secondary N) is 1. The number of carboxylic acids is 1. The fraction of sp³-hybridized carbons (Fsp3) is 0.167. The monoisotopic (exact) mass is 314 g/mol. The van der Waals surface area contributed by atoms with E-state index in [9.17, 15) is 17.6 Å². The molecule has 0 aliphatic carbocycles. The van der Waals surface area contributed by atoms with E-state index in [-0.39, 0.29) is 11.4 Å². The number of carboxylic acid groups (broad SMARTS) is 1. The van der Waals surface area contributed by atoms with Gasteiger partial charge in [0.05, 0.1) is 22.7 Å². The van der Waals surface area contributed by atoms with Crippen LogP contribution in [0.2, 0.25) is 0 Å². The second kappa shape index (κ2) is 5.62. The molecule has 112 valence electrons. The van der Waals surface area contributed by atoms with Crippen LogP contribution in [-0.4, -0.2) is 24.7 Å². The molecule has 1 heterocycles. The fourth-order valence-corrected chi connectivity index (χ4v) is 2.60. The maximum atomic E-state index is 13.2. The van der Waals surface area contributed by atoms with Gasteiger partial charge in [-0.1, -0.05) is 5.16 Å². The Morgan fingerprint density at radius 3 is 2.71 bits per heavy atom. The lowest BCUT2D eigenvalue weighted by atomic mass is 10.2. The Morgan fingerprint density at radius 2 is 2.14 bits per heavy atom. The lowest BCUT2D eigenvalue weighted by Crippen LogP contribution is -2.23. The molecule has 1 aromatic heterocycles. The van der Waals surface area contributed by atoms with Crippen molar-refractivity contribution in [3.8, 4) is 0 Å². The second-order valence-corrected chi connectivity index (χ2v) is 5.97. The molecule has 1 aromatic carbocycles. The predicted octanol–water partition coefficient (Wildman–Crippen LogP) is 1.30. The number of hydrogen-bond donors (Lipinski definition) is 2. The van der Waals surface area contributed by atoms with Crippen molar-refractivity contribution in [3.05, 3.63) is 47.1 Å². The molecule has 21 heavy (non-hydrogen) atoms. The van der Waals surface area contributed by atoms with Crippen LogP contribution in [0.1, 0.15) is 21.8 Å². The molecule has 2 aromatic rings. The number of aromatic carboxylic acids is 1. The van der Waals surface area contributed by atoms with E-state index in [0.29, 0.717) is 11.5 Å². The molecule has 0 aliphatic heterocycles. The third-order valence-corrected chi connectivity index (χ3v) is 3.99. The van der Waals surface area contributed by atoms with E-state index in [1.807, 2.05) is 0 Å². The molecule has 0 atom stereocenters. The lowest BCUT2D eigenvalue weighted by molar-refractivity contribution is 0.0691. The first-order chi connectivity index (χ1) is 9.79. The summed E-state index contributed by atoms with van der Waals surface area (Å²) in [6.45, 7) is 1.53. The van der Waals surface area contributed by atoms with Crippen molar-refractivity contribution in [1.82, 2.24) is 9.88 Å². The van der Waals surface area contributed by atoms with E-state index in [1.54, 1.807) is 13.0 Å². The molecule has 0 fully saturated rings. The van der Waals surface area contributed by atoms with Gasteiger partial charge in [-0.05, 0) is 25.1 Å². The van der Waals surface area contributed by atoms with Crippen LogP contribution in [0.15, 0.2) is 33.7 Å². The largest absolute Gasteiger partial charge is 0.478 e. The third kappa shape index (κ3) is 3.44. The zero-order valence-corrected chi connectivity index (χ0v) is 11.6. The standard InChI is InChI=1S/C12H11FN2O5S/c1-7-4-8(20-15-7)6-14-21(18,19)9-2-3-11(13)10(5-9)12(16)17/h2-5,14H,6H2,1H3,(H,16,17). The number of aryl methyl sites for hydroxylation is 1. The number of aromatic nitrogens is 1. The highest BCUT2D eigenvalue weighted by molar-refractivity contribution is 7.89. The van der Waals surface area contributed by atoms with Crippen molar-refractivity contribution in [2.75, 3.05) is 0 Å². The maximum Gasteiger partial charge on any atom is 0.338 e. The summed E-state index contributed by atoms with van der Waals surface area (Å²) >= 11 is 0. The summed E-state index contributed by atoms with van der Waals surface area (Å²) in [5, 5.41) is 12.4. The molecule has 0 amide bonds. The molecule has 0 aliphatic rings. The van der Waals surface area contributed by atoms with Gasteiger partial charge in [0.1, 0.15) is 5.82 Å². The first kappa shape index (κ1) is 15.1. The van der Waals surface area contributed by atoms with Crippen LogP contribution >= 0.6 is 0 Å². The molecule has 0 saturated heterocycles. The SMILES string of the molecule is Cc1cc(CNS(=O)(=O)c2ccc(F)c(C(=O)O)c2)on1. The quantitative estimate of drug-likeness (QED) is 0.861. The van der Waals surface area contributed by atoms with Gasteiger partial charge in [0.15, 0.2) is 5.76 Å². The highest BCUT2D eigenvalue weighted by Crippen LogP contribution is 2.15. The molecule has 9 heteroatoms. The number of rotatable bonds is 5. The van der Waals surface area contributed by atoms with E-state index in [0.717, 1.165) is 18.2 Å². The van der Waals surface area contributed by atoms with E-state index in [4.69, 9.17) is 9.63 Å². The van der Waals surface area contributed by atoms with Gasteiger partial charge in [0.25, 0.3) is 0 Å². The van der Waals surface area contributed by atoms with Gasteiger partial charge in [0, 0.05) is 6.07 Å². The van der Waals surface area contributed by atoms with Gasteiger partial charge in [0.2, 0.25) is 10.0 Å². The highest BCUT2D eigenvalue weighted by Gasteiger charge is 2.19. The summed E-state index contributed by atoms with van der Waals surface area (Å²) < 4.78 is 44.3. The van der Waals surface area contributed by atoms with Gasteiger partial charge in [-0.15, -0.1) is 0 Å². The molecule has 2 rings (SSSR count). The molecule has 0 bridgehead atoms. The maximum absolute atomic E-state index is 13.2. The summed E-state index contributed by atoms with van der Waals surface area (Å²) in [4.78, 5) is 10.5. The minimum atomic E-state index is -3.99. The van der Waals surface area contributed by atoms with E-state index in [2.05, 4.69) is 9.88 Å². The van der Waals surface area contributed by atoms with Crippen molar-refractivity contribution >= 4 is 16.0 Å². The van der Waals surface area contributed by atoms with Crippen LogP contribution in [0.3, 0.4) is 0 Å². The van der Waals surface area contributed by atoms with Gasteiger partial charge in [-0.25, -0.2) is 22.3 Å². The van der Waals surface area contributed by atoms with Crippen LogP contribution in [0.5, 0.6) is 0 Å². The normalized spacial score (nSPS) is 11.5. The molecular formula is C12H11FN2O5S. The smallest absolute Gasteiger partial charge is 0.338 e. The second-order valence-electron chi connectivity index (χ2n) is 4.21. The van der Waals surface area contributed by atoms with Crippen LogP contribution < -0.4 is 4.72 Å². The van der Waals surface area contributed by atoms with Gasteiger partial charge in [-0.3, -0.25) is 0 Å². The topological polar surface area (TPSA) is 110 Å². The average Bonchev–Trinajstić information content (AvgIpc) is 2.82. The molecule has 0 radical (unpaired) electrons. The van der Waals surface area contributed by atoms with Gasteiger partial charge < -0.3 is 9.63 Å². The Kier molecular flexibility index (Phi) is 4.05. The van der Waals surface area contributed by atoms with Crippen molar-refractivity contribution in [2.24, 2.45) is 0 Å². The van der Waals surface area contributed by atoms with Crippen LogP contribution in [0.4, 0.5) is 4.39 Å². The highest BCUT2D eigenvalue weighted by atomic mass is 32.2. The Bertz CT molecular complexity index is 785. The molecule has 2 N–H and O–H groups in total. The third-order valence-electron chi connectivity index (χ3n) is 2.59. The van der Waals surface area contributed by atoms with Gasteiger partial charge >= 0.3 is 5.97 Å². The van der Waals surface area contributed by atoms with Crippen LogP contribution in [0.25, 0.3) is 0 Å². The summed E-state index contributed by atoms with van der Waals surface area (Å²) in [7, 11) is -3.99. The first-order valence-corrected chi connectivity index (χ1v) is 7.22. The van der Waals surface area contributed by atoms with Crippen molar-refractivity contribution in [1.29, 1.82) is 0 Å². The van der Waals surface area contributed by atoms with Crippen molar-refractivity contribution < 1.29 is 27.2 Å². The minimum absolute atomic E-state index is 0.150. The van der Waals surface area contributed by atoms with E-state index in [1.165, 1.54) is 0 Å².